The fraction of sp³-hybridized carbons (Fsp3) is 0.692. The van der Waals surface area contributed by atoms with Crippen molar-refractivity contribution in [3.63, 3.8) is 0 Å². The maximum absolute atomic E-state index is 11.6. The topological polar surface area (TPSA) is 75.0 Å². The number of anilines is 1. The van der Waals surface area contributed by atoms with Crippen LogP contribution in [-0.4, -0.2) is 29.1 Å². The van der Waals surface area contributed by atoms with Gasteiger partial charge in [-0.2, -0.15) is 0 Å². The van der Waals surface area contributed by atoms with E-state index in [4.69, 9.17) is 5.73 Å². The molecule has 0 spiro atoms. The van der Waals surface area contributed by atoms with Gasteiger partial charge in [0.2, 0.25) is 0 Å². The van der Waals surface area contributed by atoms with Gasteiger partial charge >= 0.3 is 0 Å². The number of H-pyrrole nitrogens is 1. The van der Waals surface area contributed by atoms with Gasteiger partial charge in [0.05, 0.1) is 0 Å². The number of aryl methyl sites for hydroxylation is 1. The predicted octanol–water partition coefficient (Wildman–Crippen LogP) is 0.896. The van der Waals surface area contributed by atoms with Gasteiger partial charge in [-0.25, -0.2) is 4.98 Å². The zero-order valence-corrected chi connectivity index (χ0v) is 11.1. The summed E-state index contributed by atoms with van der Waals surface area (Å²) < 4.78 is 0. The van der Waals surface area contributed by atoms with Crippen LogP contribution in [0.5, 0.6) is 0 Å². The highest BCUT2D eigenvalue weighted by Crippen LogP contribution is 2.25. The fourth-order valence-electron chi connectivity index (χ4n) is 2.59. The largest absolute Gasteiger partial charge is 0.352 e. The lowest BCUT2D eigenvalue weighted by Crippen LogP contribution is -2.47. The molecule has 1 aliphatic heterocycles. The molecule has 1 aromatic rings. The summed E-state index contributed by atoms with van der Waals surface area (Å²) in [6.07, 6.45) is 2.94. The van der Waals surface area contributed by atoms with Gasteiger partial charge in [-0.1, -0.05) is 13.8 Å². The number of hydrogen-bond acceptors (Lipinski definition) is 4. The van der Waals surface area contributed by atoms with Gasteiger partial charge in [0.1, 0.15) is 11.6 Å². The quantitative estimate of drug-likeness (QED) is 0.835. The van der Waals surface area contributed by atoms with E-state index in [0.29, 0.717) is 18.5 Å². The van der Waals surface area contributed by atoms with E-state index in [1.54, 1.807) is 6.07 Å². The molecule has 1 aliphatic rings. The molecule has 5 heteroatoms. The Hall–Kier alpha value is -1.36. The molecule has 0 saturated carbocycles. The number of aromatic nitrogens is 2. The van der Waals surface area contributed by atoms with Crippen molar-refractivity contribution in [2.24, 2.45) is 11.7 Å². The summed E-state index contributed by atoms with van der Waals surface area (Å²) in [5, 5.41) is 0. The molecule has 100 valence electrons. The van der Waals surface area contributed by atoms with Crippen molar-refractivity contribution in [1.82, 2.24) is 9.97 Å². The monoisotopic (exact) mass is 250 g/mol. The lowest BCUT2D eigenvalue weighted by Gasteiger charge is -2.38. The highest BCUT2D eigenvalue weighted by Gasteiger charge is 2.26. The van der Waals surface area contributed by atoms with E-state index in [1.165, 1.54) is 0 Å². The second-order valence-electron chi connectivity index (χ2n) is 5.12. The first-order chi connectivity index (χ1) is 8.63. The Morgan fingerprint density at radius 3 is 3.06 bits per heavy atom. The normalized spacial score (nSPS) is 24.3. The predicted molar refractivity (Wildman–Crippen MR) is 72.8 cm³/mol. The standard InChI is InChI=1S/C13H22N4O/c1-3-11-15-12(7-13(18)16-11)17-5-4-9(2)6-10(17)8-14/h7,9-10H,3-6,8,14H2,1-2H3,(H,15,16,18). The number of hydrogen-bond donors (Lipinski definition) is 2. The van der Waals surface area contributed by atoms with E-state index < -0.39 is 0 Å². The Labute approximate surface area is 107 Å². The summed E-state index contributed by atoms with van der Waals surface area (Å²) in [5.74, 6) is 2.22. The second-order valence-corrected chi connectivity index (χ2v) is 5.12. The SMILES string of the molecule is CCc1nc(N2CCC(C)CC2CN)cc(=O)[nH]1. The van der Waals surface area contributed by atoms with Crippen LogP contribution in [0.15, 0.2) is 10.9 Å². The van der Waals surface area contributed by atoms with Gasteiger partial charge in [-0.15, -0.1) is 0 Å². The molecule has 3 N–H and O–H groups in total. The van der Waals surface area contributed by atoms with E-state index in [0.717, 1.165) is 37.4 Å². The van der Waals surface area contributed by atoms with Crippen LogP contribution in [0, 0.1) is 5.92 Å². The van der Waals surface area contributed by atoms with E-state index in [-0.39, 0.29) is 5.56 Å². The molecule has 1 saturated heterocycles. The highest BCUT2D eigenvalue weighted by atomic mass is 16.1. The molecule has 2 atom stereocenters. The number of nitrogens with two attached hydrogens (primary N) is 1. The third-order valence-corrected chi connectivity index (χ3v) is 3.66. The van der Waals surface area contributed by atoms with Crippen LogP contribution < -0.4 is 16.2 Å². The third-order valence-electron chi connectivity index (χ3n) is 3.66. The van der Waals surface area contributed by atoms with Crippen LogP contribution in [0.25, 0.3) is 0 Å². The van der Waals surface area contributed by atoms with Crippen molar-refractivity contribution in [1.29, 1.82) is 0 Å². The molecule has 2 rings (SSSR count). The zero-order chi connectivity index (χ0) is 13.1. The van der Waals surface area contributed by atoms with E-state index in [9.17, 15) is 4.79 Å². The Morgan fingerprint density at radius 1 is 1.61 bits per heavy atom. The van der Waals surface area contributed by atoms with Gasteiger partial charge in [-0.05, 0) is 18.8 Å². The number of piperidine rings is 1. The Morgan fingerprint density at radius 2 is 2.39 bits per heavy atom. The average molecular weight is 250 g/mol. The summed E-state index contributed by atoms with van der Waals surface area (Å²) in [6.45, 7) is 5.78. The second kappa shape index (κ2) is 5.52. The molecule has 0 aliphatic carbocycles. The van der Waals surface area contributed by atoms with Crippen molar-refractivity contribution in [2.45, 2.75) is 39.2 Å². The van der Waals surface area contributed by atoms with Crippen LogP contribution in [0.2, 0.25) is 0 Å². The molecule has 2 heterocycles. The fourth-order valence-corrected chi connectivity index (χ4v) is 2.59. The molecule has 1 fully saturated rings. The summed E-state index contributed by atoms with van der Waals surface area (Å²) in [7, 11) is 0. The van der Waals surface area contributed by atoms with E-state index in [2.05, 4.69) is 21.8 Å². The summed E-state index contributed by atoms with van der Waals surface area (Å²) in [6, 6.07) is 1.88. The van der Waals surface area contributed by atoms with Gasteiger partial charge in [-0.3, -0.25) is 4.79 Å². The van der Waals surface area contributed by atoms with E-state index in [1.807, 2.05) is 6.92 Å². The summed E-state index contributed by atoms with van der Waals surface area (Å²) >= 11 is 0. The molecule has 0 aromatic carbocycles. The first-order valence-electron chi connectivity index (χ1n) is 6.71. The Balaban J connectivity index is 2.29. The lowest BCUT2D eigenvalue weighted by atomic mass is 9.92. The number of aromatic amines is 1. The lowest BCUT2D eigenvalue weighted by molar-refractivity contribution is 0.364. The molecule has 18 heavy (non-hydrogen) atoms. The molecular formula is C13H22N4O. The number of rotatable bonds is 3. The minimum Gasteiger partial charge on any atom is -0.352 e. The Bertz CT molecular complexity index is 457. The summed E-state index contributed by atoms with van der Waals surface area (Å²) in [5.41, 5.74) is 5.77. The highest BCUT2D eigenvalue weighted by molar-refractivity contribution is 5.39. The zero-order valence-electron chi connectivity index (χ0n) is 11.1. The van der Waals surface area contributed by atoms with Gasteiger partial charge in [0.15, 0.2) is 0 Å². The van der Waals surface area contributed by atoms with Crippen LogP contribution in [0.3, 0.4) is 0 Å². The third kappa shape index (κ3) is 2.72. The smallest absolute Gasteiger partial charge is 0.252 e. The van der Waals surface area contributed by atoms with Crippen LogP contribution >= 0.6 is 0 Å². The molecule has 2 unspecified atom stereocenters. The number of nitrogens with zero attached hydrogens (tertiary/aromatic N) is 2. The van der Waals surface area contributed by atoms with Gasteiger partial charge < -0.3 is 15.6 Å². The molecule has 5 nitrogen and oxygen atoms in total. The molecule has 0 amide bonds. The van der Waals surface area contributed by atoms with Crippen molar-refractivity contribution in [3.05, 3.63) is 22.2 Å². The minimum atomic E-state index is -0.0776. The van der Waals surface area contributed by atoms with Crippen molar-refractivity contribution >= 4 is 5.82 Å². The molecule has 0 radical (unpaired) electrons. The first-order valence-corrected chi connectivity index (χ1v) is 6.71. The maximum atomic E-state index is 11.6. The summed E-state index contributed by atoms with van der Waals surface area (Å²) in [4.78, 5) is 21.1. The van der Waals surface area contributed by atoms with Crippen molar-refractivity contribution in [3.8, 4) is 0 Å². The first kappa shape index (κ1) is 13.1. The minimum absolute atomic E-state index is 0.0776. The van der Waals surface area contributed by atoms with Crippen LogP contribution in [0.4, 0.5) is 5.82 Å². The molecular weight excluding hydrogens is 228 g/mol. The van der Waals surface area contributed by atoms with Crippen molar-refractivity contribution in [2.75, 3.05) is 18.0 Å². The maximum Gasteiger partial charge on any atom is 0.252 e. The van der Waals surface area contributed by atoms with Gasteiger partial charge in [0, 0.05) is 31.6 Å². The van der Waals surface area contributed by atoms with Crippen molar-refractivity contribution < 1.29 is 0 Å². The molecule has 1 aromatic heterocycles. The van der Waals surface area contributed by atoms with Crippen LogP contribution in [-0.2, 0) is 6.42 Å². The number of nitrogens with one attached hydrogen (secondary N) is 1. The van der Waals surface area contributed by atoms with Crippen LogP contribution in [0.1, 0.15) is 32.5 Å². The molecule has 0 bridgehead atoms. The van der Waals surface area contributed by atoms with Gasteiger partial charge in [0.25, 0.3) is 5.56 Å². The Kier molecular flexibility index (Phi) is 4.01. The average Bonchev–Trinajstić information content (AvgIpc) is 2.37. The van der Waals surface area contributed by atoms with E-state index >= 15 is 0 Å².